The highest BCUT2D eigenvalue weighted by molar-refractivity contribution is 5.73. The summed E-state index contributed by atoms with van der Waals surface area (Å²) in [6, 6.07) is 7.98. The lowest BCUT2D eigenvalue weighted by Gasteiger charge is -2.27. The monoisotopic (exact) mass is 291 g/mol. The maximum Gasteiger partial charge on any atom is 0.125 e. The topological polar surface area (TPSA) is 54.8 Å². The number of nitrogens with zero attached hydrogens (tertiary/aromatic N) is 5. The number of rotatable bonds is 2. The highest BCUT2D eigenvalue weighted by Crippen LogP contribution is 2.18. The Labute approximate surface area is 129 Å². The van der Waals surface area contributed by atoms with Crippen LogP contribution >= 0.6 is 0 Å². The highest BCUT2D eigenvalue weighted by Gasteiger charge is 2.18. The molecule has 1 aliphatic heterocycles. The molecular weight excluding hydrogens is 274 g/mol. The Balaban J connectivity index is 1.54. The van der Waals surface area contributed by atoms with Crippen molar-refractivity contribution in [3.8, 4) is 0 Å². The normalized spacial score (nSPS) is 15.0. The van der Waals surface area contributed by atoms with Crippen LogP contribution in [0.4, 0.5) is 0 Å². The van der Waals surface area contributed by atoms with E-state index in [1.54, 1.807) is 0 Å². The summed E-state index contributed by atoms with van der Waals surface area (Å²) in [4.78, 5) is 20.4. The molecule has 0 aliphatic carbocycles. The van der Waals surface area contributed by atoms with Crippen molar-refractivity contribution < 1.29 is 0 Å². The molecule has 0 atom stereocenters. The molecule has 5 nitrogen and oxygen atoms in total. The Morgan fingerprint density at radius 3 is 2.82 bits per heavy atom. The molecule has 0 radical (unpaired) electrons. The molecule has 22 heavy (non-hydrogen) atoms. The predicted molar refractivity (Wildman–Crippen MR) is 84.1 cm³/mol. The maximum absolute atomic E-state index is 4.70. The van der Waals surface area contributed by atoms with Crippen LogP contribution in [0.2, 0.25) is 0 Å². The second-order valence-electron chi connectivity index (χ2n) is 5.70. The minimum atomic E-state index is 0.811. The van der Waals surface area contributed by atoms with Gasteiger partial charge in [-0.05, 0) is 19.1 Å². The fraction of sp³-hybridized carbons (Fsp3) is 0.294. The molecule has 3 aromatic rings. The second-order valence-corrected chi connectivity index (χ2v) is 5.70. The summed E-state index contributed by atoms with van der Waals surface area (Å²) in [6.45, 7) is 4.63. The largest absolute Gasteiger partial charge is 0.293 e. The lowest BCUT2D eigenvalue weighted by molar-refractivity contribution is 0.240. The minimum absolute atomic E-state index is 0.811. The van der Waals surface area contributed by atoms with E-state index in [-0.39, 0.29) is 0 Å². The van der Waals surface area contributed by atoms with Gasteiger partial charge in [-0.1, -0.05) is 12.1 Å². The van der Waals surface area contributed by atoms with Crippen LogP contribution in [0, 0.1) is 6.92 Å². The van der Waals surface area contributed by atoms with Crippen molar-refractivity contribution in [2.75, 3.05) is 6.54 Å². The van der Waals surface area contributed by atoms with E-state index in [2.05, 4.69) is 19.9 Å². The van der Waals surface area contributed by atoms with E-state index < -0.39 is 0 Å². The molecule has 2 aromatic heterocycles. The van der Waals surface area contributed by atoms with Crippen LogP contribution < -0.4 is 0 Å². The van der Waals surface area contributed by atoms with Crippen LogP contribution in [0.15, 0.2) is 36.7 Å². The van der Waals surface area contributed by atoms with Crippen LogP contribution in [0.3, 0.4) is 0 Å². The van der Waals surface area contributed by atoms with Gasteiger partial charge >= 0.3 is 0 Å². The molecule has 3 heterocycles. The van der Waals surface area contributed by atoms with E-state index >= 15 is 0 Å². The fourth-order valence-corrected chi connectivity index (χ4v) is 2.91. The quantitative estimate of drug-likeness (QED) is 0.725. The van der Waals surface area contributed by atoms with Gasteiger partial charge < -0.3 is 0 Å². The minimum Gasteiger partial charge on any atom is -0.293 e. The number of para-hydroxylation sites is 2. The number of hydrogen-bond acceptors (Lipinski definition) is 5. The first kappa shape index (κ1) is 13.3. The van der Waals surface area contributed by atoms with Crippen molar-refractivity contribution in [1.82, 2.24) is 24.8 Å². The van der Waals surface area contributed by atoms with Gasteiger partial charge in [0.25, 0.3) is 0 Å². The summed E-state index contributed by atoms with van der Waals surface area (Å²) >= 11 is 0. The third-order valence-electron chi connectivity index (χ3n) is 4.02. The van der Waals surface area contributed by atoms with Gasteiger partial charge in [0.1, 0.15) is 5.82 Å². The highest BCUT2D eigenvalue weighted by atomic mass is 15.1. The molecule has 1 aromatic carbocycles. The van der Waals surface area contributed by atoms with Gasteiger partial charge in [0.05, 0.1) is 22.9 Å². The molecule has 0 saturated heterocycles. The summed E-state index contributed by atoms with van der Waals surface area (Å²) in [5.74, 6) is 0.854. The van der Waals surface area contributed by atoms with E-state index in [1.807, 2.05) is 43.6 Å². The van der Waals surface area contributed by atoms with Crippen molar-refractivity contribution in [2.24, 2.45) is 0 Å². The molecule has 0 N–H and O–H groups in total. The molecule has 0 saturated carbocycles. The van der Waals surface area contributed by atoms with Crippen molar-refractivity contribution >= 4 is 11.0 Å². The number of aromatic nitrogens is 4. The summed E-state index contributed by atoms with van der Waals surface area (Å²) in [5.41, 5.74) is 5.32. The first-order valence-corrected chi connectivity index (χ1v) is 7.52. The zero-order valence-electron chi connectivity index (χ0n) is 12.5. The standard InChI is InChI=1S/C17H17N5/c1-12-18-8-13-10-22(7-6-15(13)20-12)11-14-9-19-16-4-2-3-5-17(16)21-14/h2-5,8-9H,6-7,10-11H2,1H3. The maximum atomic E-state index is 4.70. The van der Waals surface area contributed by atoms with Crippen molar-refractivity contribution in [3.05, 3.63) is 59.4 Å². The first-order valence-electron chi connectivity index (χ1n) is 7.52. The third kappa shape index (κ3) is 2.55. The van der Waals surface area contributed by atoms with Crippen LogP contribution in [0.5, 0.6) is 0 Å². The number of benzene rings is 1. The van der Waals surface area contributed by atoms with Crippen molar-refractivity contribution in [3.63, 3.8) is 0 Å². The SMILES string of the molecule is Cc1ncc2c(n1)CCN(Cc1cnc3ccccc3n1)C2. The first-order chi connectivity index (χ1) is 10.8. The Hall–Kier alpha value is -2.40. The van der Waals surface area contributed by atoms with E-state index in [4.69, 9.17) is 4.98 Å². The molecule has 5 heteroatoms. The van der Waals surface area contributed by atoms with E-state index in [0.29, 0.717) is 0 Å². The number of hydrogen-bond donors (Lipinski definition) is 0. The van der Waals surface area contributed by atoms with Gasteiger partial charge in [0, 0.05) is 43.5 Å². The number of fused-ring (bicyclic) bond motifs is 2. The van der Waals surface area contributed by atoms with E-state index in [0.717, 1.165) is 48.6 Å². The zero-order chi connectivity index (χ0) is 14.9. The second kappa shape index (κ2) is 5.42. The van der Waals surface area contributed by atoms with Crippen molar-refractivity contribution in [1.29, 1.82) is 0 Å². The van der Waals surface area contributed by atoms with Gasteiger partial charge in [-0.25, -0.2) is 15.0 Å². The molecule has 0 unspecified atom stereocenters. The lowest BCUT2D eigenvalue weighted by atomic mass is 10.1. The van der Waals surface area contributed by atoms with E-state index in [1.165, 1.54) is 11.3 Å². The summed E-state index contributed by atoms with van der Waals surface area (Å²) in [7, 11) is 0. The molecule has 0 amide bonds. The smallest absolute Gasteiger partial charge is 0.125 e. The Kier molecular flexibility index (Phi) is 3.27. The zero-order valence-corrected chi connectivity index (χ0v) is 12.5. The molecule has 110 valence electrons. The van der Waals surface area contributed by atoms with Crippen molar-refractivity contribution in [2.45, 2.75) is 26.4 Å². The van der Waals surface area contributed by atoms with Gasteiger partial charge in [-0.2, -0.15) is 0 Å². The number of aryl methyl sites for hydroxylation is 1. The molecule has 1 aliphatic rings. The van der Waals surface area contributed by atoms with Gasteiger partial charge in [-0.3, -0.25) is 9.88 Å². The summed E-state index contributed by atoms with van der Waals surface area (Å²) in [5, 5.41) is 0. The molecule has 0 bridgehead atoms. The van der Waals surface area contributed by atoms with Crippen LogP contribution in [-0.2, 0) is 19.5 Å². The van der Waals surface area contributed by atoms with E-state index in [9.17, 15) is 0 Å². The predicted octanol–water partition coefficient (Wildman–Crippen LogP) is 2.29. The molecule has 0 spiro atoms. The Morgan fingerprint density at radius 2 is 1.91 bits per heavy atom. The summed E-state index contributed by atoms with van der Waals surface area (Å²) < 4.78 is 0. The Bertz CT molecular complexity index is 830. The van der Waals surface area contributed by atoms with Crippen LogP contribution in [0.1, 0.15) is 22.8 Å². The van der Waals surface area contributed by atoms with Crippen LogP contribution in [-0.4, -0.2) is 31.4 Å². The third-order valence-corrected chi connectivity index (χ3v) is 4.02. The van der Waals surface area contributed by atoms with Crippen LogP contribution in [0.25, 0.3) is 11.0 Å². The molecule has 0 fully saturated rings. The molecule has 4 rings (SSSR count). The Morgan fingerprint density at radius 1 is 1.05 bits per heavy atom. The van der Waals surface area contributed by atoms with Gasteiger partial charge in [0.15, 0.2) is 0 Å². The van der Waals surface area contributed by atoms with Gasteiger partial charge in [0.2, 0.25) is 0 Å². The lowest BCUT2D eigenvalue weighted by Crippen LogP contribution is -2.31. The fourth-order valence-electron chi connectivity index (χ4n) is 2.91. The molecular formula is C17H17N5. The summed E-state index contributed by atoms with van der Waals surface area (Å²) in [6.07, 6.45) is 4.80. The van der Waals surface area contributed by atoms with Gasteiger partial charge in [-0.15, -0.1) is 0 Å². The average molecular weight is 291 g/mol. The average Bonchev–Trinajstić information content (AvgIpc) is 2.55.